The van der Waals surface area contributed by atoms with Crippen molar-refractivity contribution in [3.05, 3.63) is 48.0 Å². The zero-order chi connectivity index (χ0) is 20.3. The van der Waals surface area contributed by atoms with Crippen molar-refractivity contribution in [2.75, 3.05) is 17.5 Å². The van der Waals surface area contributed by atoms with Crippen molar-refractivity contribution in [2.24, 2.45) is 0 Å². The third-order valence-electron chi connectivity index (χ3n) is 4.25. The molecule has 3 rings (SSSR count). The molecule has 2 aromatic rings. The molecule has 0 aromatic heterocycles. The number of hydrogen-bond donors (Lipinski definition) is 2. The topological polar surface area (TPSA) is 113 Å². The summed E-state index contributed by atoms with van der Waals surface area (Å²) in [5.41, 5.74) is 2.40. The van der Waals surface area contributed by atoms with Crippen molar-refractivity contribution in [2.45, 2.75) is 19.8 Å². The highest BCUT2D eigenvalue weighted by atomic mass is 32.2. The first kappa shape index (κ1) is 19.7. The summed E-state index contributed by atoms with van der Waals surface area (Å²) in [7, 11) is -4.02. The Labute approximate surface area is 162 Å². The first-order chi connectivity index (χ1) is 13.3. The zero-order valence-corrected chi connectivity index (χ0v) is 16.0. The predicted octanol–water partition coefficient (Wildman–Crippen LogP) is 1.74. The van der Waals surface area contributed by atoms with Gasteiger partial charge in [0.05, 0.1) is 12.3 Å². The number of anilines is 1. The molecule has 2 N–H and O–H groups in total. The number of nitrogens with zero attached hydrogens (tertiary/aromatic N) is 1. The lowest BCUT2D eigenvalue weighted by atomic mass is 10.0. The molecular formula is C19H20N2O6S. The number of nitrogens with one attached hydrogen (secondary N) is 1. The van der Waals surface area contributed by atoms with Crippen LogP contribution in [-0.4, -0.2) is 38.6 Å². The van der Waals surface area contributed by atoms with Crippen molar-refractivity contribution in [1.29, 1.82) is 0 Å². The number of benzene rings is 2. The summed E-state index contributed by atoms with van der Waals surface area (Å²) >= 11 is 0. The second-order valence-electron chi connectivity index (χ2n) is 6.25. The van der Waals surface area contributed by atoms with Crippen LogP contribution >= 0.6 is 0 Å². The first-order valence-electron chi connectivity index (χ1n) is 8.71. The van der Waals surface area contributed by atoms with Crippen LogP contribution in [0.3, 0.4) is 0 Å². The molecule has 0 bridgehead atoms. The third kappa shape index (κ3) is 4.25. The number of aromatic hydroxyl groups is 1. The van der Waals surface area contributed by atoms with Gasteiger partial charge in [-0.2, -0.15) is 8.42 Å². The number of carbonyl (C=O) groups is 2. The molecule has 1 aliphatic rings. The molecule has 9 heteroatoms. The van der Waals surface area contributed by atoms with Crippen LogP contribution in [0, 0.1) is 0 Å². The molecule has 2 aromatic carbocycles. The van der Waals surface area contributed by atoms with Crippen LogP contribution in [0.25, 0.3) is 11.1 Å². The fourth-order valence-corrected chi connectivity index (χ4v) is 4.10. The van der Waals surface area contributed by atoms with Crippen LogP contribution in [0.1, 0.15) is 18.9 Å². The Balaban J connectivity index is 1.88. The Hall–Kier alpha value is -3.07. The molecular weight excluding hydrogens is 384 g/mol. The minimum atomic E-state index is -4.02. The molecule has 1 saturated heterocycles. The molecule has 1 aliphatic heterocycles. The van der Waals surface area contributed by atoms with Crippen molar-refractivity contribution in [1.82, 2.24) is 4.72 Å². The van der Waals surface area contributed by atoms with Gasteiger partial charge < -0.3 is 9.84 Å². The monoisotopic (exact) mass is 404 g/mol. The van der Waals surface area contributed by atoms with Crippen molar-refractivity contribution in [3.63, 3.8) is 0 Å². The highest BCUT2D eigenvalue weighted by molar-refractivity contribution is 7.92. The molecule has 148 valence electrons. The number of amides is 1. The van der Waals surface area contributed by atoms with Crippen molar-refractivity contribution >= 4 is 27.8 Å². The van der Waals surface area contributed by atoms with E-state index < -0.39 is 16.1 Å². The highest BCUT2D eigenvalue weighted by Crippen LogP contribution is 2.35. The summed E-state index contributed by atoms with van der Waals surface area (Å²) in [4.78, 5) is 23.0. The van der Waals surface area contributed by atoms with E-state index in [1.807, 2.05) is 29.0 Å². The minimum Gasteiger partial charge on any atom is -0.506 e. The molecule has 8 nitrogen and oxygen atoms in total. The Morgan fingerprint density at radius 2 is 1.96 bits per heavy atom. The second-order valence-corrected chi connectivity index (χ2v) is 7.84. The standard InChI is InChI=1S/C19H20N2O6S/c1-2-27-19(24)9-6-13-4-3-5-14(10-13)15-7-8-17(22)16(11-15)21-12-18(23)20-28(21,25)26/h3-5,7-8,10-11,22H,2,6,9,12H2,1H3,(H,20,23). The van der Waals surface area contributed by atoms with Gasteiger partial charge in [-0.25, -0.2) is 9.03 Å². The van der Waals surface area contributed by atoms with Gasteiger partial charge in [-0.15, -0.1) is 0 Å². The third-order valence-corrected chi connectivity index (χ3v) is 5.64. The summed E-state index contributed by atoms with van der Waals surface area (Å²) in [6.45, 7) is 1.70. The zero-order valence-electron chi connectivity index (χ0n) is 15.2. The van der Waals surface area contributed by atoms with Gasteiger partial charge in [0, 0.05) is 6.42 Å². The molecule has 0 radical (unpaired) electrons. The minimum absolute atomic E-state index is 0.0211. The molecule has 1 heterocycles. The van der Waals surface area contributed by atoms with Crippen molar-refractivity contribution < 1.29 is 27.9 Å². The lowest BCUT2D eigenvalue weighted by Gasteiger charge is -2.17. The number of esters is 1. The normalized spacial score (nSPS) is 15.3. The number of rotatable bonds is 6. The number of phenolic OH excluding ortho intramolecular Hbond substituents is 1. The fraction of sp³-hybridized carbons (Fsp3) is 0.263. The van der Waals surface area contributed by atoms with Gasteiger partial charge in [0.2, 0.25) is 0 Å². The van der Waals surface area contributed by atoms with Crippen LogP contribution in [0.15, 0.2) is 42.5 Å². The second kappa shape index (κ2) is 7.89. The van der Waals surface area contributed by atoms with E-state index in [0.29, 0.717) is 18.6 Å². The molecule has 0 unspecified atom stereocenters. The van der Waals surface area contributed by atoms with Gasteiger partial charge in [-0.05, 0) is 42.2 Å². The average molecular weight is 404 g/mol. The molecule has 1 fully saturated rings. The summed E-state index contributed by atoms with van der Waals surface area (Å²) in [5, 5.41) is 10.1. The number of aryl methyl sites for hydroxylation is 1. The molecule has 1 amide bonds. The number of hydrogen-bond acceptors (Lipinski definition) is 6. The van der Waals surface area contributed by atoms with Crippen LogP contribution in [0.5, 0.6) is 5.75 Å². The van der Waals surface area contributed by atoms with Gasteiger partial charge in [0.25, 0.3) is 5.91 Å². The Bertz CT molecular complexity index is 1020. The molecule has 28 heavy (non-hydrogen) atoms. The van der Waals surface area contributed by atoms with Gasteiger partial charge in [-0.1, -0.05) is 30.3 Å². The maximum Gasteiger partial charge on any atom is 0.326 e. The van der Waals surface area contributed by atoms with Gasteiger partial charge >= 0.3 is 16.2 Å². The van der Waals surface area contributed by atoms with E-state index in [1.54, 1.807) is 13.0 Å². The average Bonchev–Trinajstić information content (AvgIpc) is 2.93. The lowest BCUT2D eigenvalue weighted by molar-refractivity contribution is -0.143. The highest BCUT2D eigenvalue weighted by Gasteiger charge is 2.35. The molecule has 0 saturated carbocycles. The summed E-state index contributed by atoms with van der Waals surface area (Å²) in [5.74, 6) is -1.18. The molecule has 0 spiro atoms. The predicted molar refractivity (Wildman–Crippen MR) is 103 cm³/mol. The van der Waals surface area contributed by atoms with E-state index in [2.05, 4.69) is 0 Å². The first-order valence-corrected chi connectivity index (χ1v) is 10.2. The van der Waals surface area contributed by atoms with Gasteiger partial charge in [0.15, 0.2) is 0 Å². The largest absolute Gasteiger partial charge is 0.506 e. The van der Waals surface area contributed by atoms with Crippen molar-refractivity contribution in [3.8, 4) is 16.9 Å². The van der Waals surface area contributed by atoms with E-state index in [-0.39, 0.29) is 30.4 Å². The molecule has 0 aliphatic carbocycles. The number of phenols is 1. The lowest BCUT2D eigenvalue weighted by Crippen LogP contribution is -2.29. The summed E-state index contributed by atoms with van der Waals surface area (Å²) < 4.78 is 31.8. The van der Waals surface area contributed by atoms with E-state index in [0.717, 1.165) is 15.4 Å². The maximum absolute atomic E-state index is 12.1. The van der Waals surface area contributed by atoms with Gasteiger partial charge in [-0.3, -0.25) is 9.59 Å². The van der Waals surface area contributed by atoms with Crippen LogP contribution < -0.4 is 9.03 Å². The van der Waals surface area contributed by atoms with Crippen LogP contribution in [-0.2, 0) is 31.0 Å². The van der Waals surface area contributed by atoms with E-state index >= 15 is 0 Å². The Morgan fingerprint density at radius 1 is 1.21 bits per heavy atom. The maximum atomic E-state index is 12.1. The van der Waals surface area contributed by atoms with Crippen LogP contribution in [0.2, 0.25) is 0 Å². The Morgan fingerprint density at radius 3 is 2.64 bits per heavy atom. The quantitative estimate of drug-likeness (QED) is 0.709. The summed E-state index contributed by atoms with van der Waals surface area (Å²) in [6, 6.07) is 12.0. The fourth-order valence-electron chi connectivity index (χ4n) is 2.95. The van der Waals surface area contributed by atoms with Crippen LogP contribution in [0.4, 0.5) is 5.69 Å². The smallest absolute Gasteiger partial charge is 0.326 e. The van der Waals surface area contributed by atoms with E-state index in [1.165, 1.54) is 12.1 Å². The number of carbonyl (C=O) groups excluding carboxylic acids is 2. The summed E-state index contributed by atoms with van der Waals surface area (Å²) in [6.07, 6.45) is 0.772. The Kier molecular flexibility index (Phi) is 5.55. The SMILES string of the molecule is CCOC(=O)CCc1cccc(-c2ccc(O)c(N3CC(=O)NS3(=O)=O)c2)c1. The number of ether oxygens (including phenoxy) is 1. The van der Waals surface area contributed by atoms with Gasteiger partial charge in [0.1, 0.15) is 12.3 Å². The van der Waals surface area contributed by atoms with E-state index in [9.17, 15) is 23.1 Å². The molecule has 0 atom stereocenters. The van der Waals surface area contributed by atoms with E-state index in [4.69, 9.17) is 4.74 Å².